The van der Waals surface area contributed by atoms with Crippen molar-refractivity contribution < 1.29 is 9.50 Å². The van der Waals surface area contributed by atoms with Gasteiger partial charge in [0, 0.05) is 10.9 Å². The van der Waals surface area contributed by atoms with E-state index in [-0.39, 0.29) is 11.6 Å². The van der Waals surface area contributed by atoms with Gasteiger partial charge >= 0.3 is 0 Å². The molecule has 1 heterocycles. The van der Waals surface area contributed by atoms with E-state index in [4.69, 9.17) is 0 Å². The van der Waals surface area contributed by atoms with E-state index in [0.29, 0.717) is 9.26 Å². The fourth-order valence-electron chi connectivity index (χ4n) is 2.08. The van der Waals surface area contributed by atoms with Crippen molar-refractivity contribution in [3.63, 3.8) is 0 Å². The highest BCUT2D eigenvalue weighted by Gasteiger charge is 2.14. The Morgan fingerprint density at radius 1 is 1.00 bits per heavy atom. The van der Waals surface area contributed by atoms with Gasteiger partial charge < -0.3 is 5.11 Å². The van der Waals surface area contributed by atoms with Gasteiger partial charge in [0.2, 0.25) is 0 Å². The van der Waals surface area contributed by atoms with Gasteiger partial charge in [-0.1, -0.05) is 30.3 Å². The first-order chi connectivity index (χ1) is 9.16. The van der Waals surface area contributed by atoms with Crippen molar-refractivity contribution in [3.05, 3.63) is 58.0 Å². The van der Waals surface area contributed by atoms with Crippen molar-refractivity contribution in [2.24, 2.45) is 0 Å². The van der Waals surface area contributed by atoms with Crippen LogP contribution in [0.2, 0.25) is 0 Å². The summed E-state index contributed by atoms with van der Waals surface area (Å²) in [5.74, 6) is -0.165. The van der Waals surface area contributed by atoms with Crippen molar-refractivity contribution in [2.45, 2.75) is 0 Å². The summed E-state index contributed by atoms with van der Waals surface area (Å²) in [7, 11) is 0. The number of nitrogens with zero attached hydrogens (tertiary/aromatic N) is 1. The number of benzene rings is 2. The Morgan fingerprint density at radius 2 is 1.68 bits per heavy atom. The quantitative estimate of drug-likeness (QED) is 0.514. The van der Waals surface area contributed by atoms with E-state index in [2.05, 4.69) is 4.98 Å². The van der Waals surface area contributed by atoms with Gasteiger partial charge in [-0.2, -0.15) is 0 Å². The van der Waals surface area contributed by atoms with E-state index in [1.54, 1.807) is 12.1 Å². The van der Waals surface area contributed by atoms with Crippen molar-refractivity contribution in [2.75, 3.05) is 0 Å². The lowest BCUT2D eigenvalue weighted by Gasteiger charge is -2.10. The second-order valence-electron chi connectivity index (χ2n) is 4.15. The monoisotopic (exact) mass is 365 g/mol. The molecule has 0 saturated heterocycles. The van der Waals surface area contributed by atoms with E-state index in [9.17, 15) is 9.50 Å². The summed E-state index contributed by atoms with van der Waals surface area (Å²) < 4.78 is 13.6. The Kier molecular flexibility index (Phi) is 3.10. The van der Waals surface area contributed by atoms with Gasteiger partial charge in [0.05, 0.1) is 5.52 Å². The molecule has 1 N–H and O–H groups in total. The molecule has 0 aliphatic carbocycles. The van der Waals surface area contributed by atoms with E-state index in [0.717, 1.165) is 16.5 Å². The molecule has 3 rings (SSSR count). The molecule has 0 unspecified atom stereocenters. The SMILES string of the molecule is Oc1c(I)nc2ccccc2c1-c1ccc(F)cc1. The number of hydrogen-bond donors (Lipinski definition) is 1. The average Bonchev–Trinajstić information content (AvgIpc) is 2.42. The highest BCUT2D eigenvalue weighted by Crippen LogP contribution is 2.37. The normalized spacial score (nSPS) is 10.8. The van der Waals surface area contributed by atoms with Crippen LogP contribution >= 0.6 is 22.6 Å². The zero-order chi connectivity index (χ0) is 13.4. The summed E-state index contributed by atoms with van der Waals surface area (Å²) in [5.41, 5.74) is 2.27. The molecule has 1 aromatic heterocycles. The maximum atomic E-state index is 13.0. The number of fused-ring (bicyclic) bond motifs is 1. The summed E-state index contributed by atoms with van der Waals surface area (Å²) in [5, 5.41) is 11.1. The number of halogens is 2. The third-order valence-corrected chi connectivity index (χ3v) is 3.71. The summed E-state index contributed by atoms with van der Waals surface area (Å²) in [4.78, 5) is 4.34. The Bertz CT molecular complexity index is 756. The smallest absolute Gasteiger partial charge is 0.155 e. The molecule has 0 spiro atoms. The van der Waals surface area contributed by atoms with Gasteiger partial charge in [-0.3, -0.25) is 0 Å². The molecule has 4 heteroatoms. The minimum absolute atomic E-state index is 0.130. The van der Waals surface area contributed by atoms with Crippen LogP contribution in [0.15, 0.2) is 48.5 Å². The van der Waals surface area contributed by atoms with Crippen molar-refractivity contribution in [1.82, 2.24) is 4.98 Å². The third kappa shape index (κ3) is 2.16. The Balaban J connectivity index is 2.38. The summed E-state index contributed by atoms with van der Waals surface area (Å²) in [6.07, 6.45) is 0. The molecule has 3 aromatic rings. The molecular formula is C15H9FINO. The van der Waals surface area contributed by atoms with Crippen molar-refractivity contribution in [3.8, 4) is 16.9 Å². The van der Waals surface area contributed by atoms with Crippen LogP contribution in [-0.2, 0) is 0 Å². The predicted octanol–water partition coefficient (Wildman–Crippen LogP) is 4.35. The van der Waals surface area contributed by atoms with Crippen LogP contribution in [0.4, 0.5) is 4.39 Å². The van der Waals surface area contributed by atoms with Gasteiger partial charge in [0.25, 0.3) is 0 Å². The minimum atomic E-state index is -0.295. The molecule has 0 fully saturated rings. The number of aromatic hydroxyl groups is 1. The first-order valence-corrected chi connectivity index (χ1v) is 6.78. The molecule has 2 nitrogen and oxygen atoms in total. The average molecular weight is 365 g/mol. The number of rotatable bonds is 1. The van der Waals surface area contributed by atoms with E-state index < -0.39 is 0 Å². The predicted molar refractivity (Wildman–Crippen MR) is 81.5 cm³/mol. The third-order valence-electron chi connectivity index (χ3n) is 2.96. The maximum absolute atomic E-state index is 13.0. The number of para-hydroxylation sites is 1. The molecule has 2 aromatic carbocycles. The molecule has 0 saturated carbocycles. The molecule has 0 radical (unpaired) electrons. The molecule has 0 aliphatic rings. The Morgan fingerprint density at radius 3 is 2.42 bits per heavy atom. The second kappa shape index (κ2) is 4.77. The molecule has 0 aliphatic heterocycles. The van der Waals surface area contributed by atoms with Crippen LogP contribution in [0, 0.1) is 9.52 Å². The summed E-state index contributed by atoms with van der Waals surface area (Å²) in [6.45, 7) is 0. The fraction of sp³-hybridized carbons (Fsp3) is 0. The lowest BCUT2D eigenvalue weighted by molar-refractivity contribution is 0.471. The summed E-state index contributed by atoms with van der Waals surface area (Å²) in [6, 6.07) is 13.7. The highest BCUT2D eigenvalue weighted by molar-refractivity contribution is 14.1. The van der Waals surface area contributed by atoms with Crippen LogP contribution in [0.5, 0.6) is 5.75 Å². The minimum Gasteiger partial charge on any atom is -0.505 e. The van der Waals surface area contributed by atoms with Crippen LogP contribution in [0.3, 0.4) is 0 Å². The number of pyridine rings is 1. The number of aromatic nitrogens is 1. The standard InChI is InChI=1S/C15H9FINO/c16-10-7-5-9(6-8-10)13-11-3-1-2-4-12(11)18-15(17)14(13)19/h1-8,19H. The highest BCUT2D eigenvalue weighted by atomic mass is 127. The van der Waals surface area contributed by atoms with Crippen LogP contribution < -0.4 is 0 Å². The van der Waals surface area contributed by atoms with E-state index >= 15 is 0 Å². The van der Waals surface area contributed by atoms with Gasteiger partial charge in [-0.15, -0.1) is 0 Å². The van der Waals surface area contributed by atoms with E-state index in [1.807, 2.05) is 46.9 Å². The van der Waals surface area contributed by atoms with Crippen molar-refractivity contribution >= 4 is 33.5 Å². The molecular weight excluding hydrogens is 356 g/mol. The first-order valence-electron chi connectivity index (χ1n) is 5.70. The second-order valence-corrected chi connectivity index (χ2v) is 5.17. The lowest BCUT2D eigenvalue weighted by Crippen LogP contribution is -1.90. The van der Waals surface area contributed by atoms with Crippen LogP contribution in [0.25, 0.3) is 22.0 Å². The largest absolute Gasteiger partial charge is 0.505 e. The van der Waals surface area contributed by atoms with Gasteiger partial charge in [0.1, 0.15) is 9.52 Å². The zero-order valence-electron chi connectivity index (χ0n) is 9.77. The first kappa shape index (κ1) is 12.3. The van der Waals surface area contributed by atoms with Crippen LogP contribution in [0.1, 0.15) is 0 Å². The van der Waals surface area contributed by atoms with E-state index in [1.165, 1.54) is 12.1 Å². The van der Waals surface area contributed by atoms with Crippen molar-refractivity contribution in [1.29, 1.82) is 0 Å². The molecule has 19 heavy (non-hydrogen) atoms. The molecule has 0 bridgehead atoms. The van der Waals surface area contributed by atoms with Gasteiger partial charge in [-0.05, 0) is 46.4 Å². The Labute approximate surface area is 123 Å². The number of hydrogen-bond acceptors (Lipinski definition) is 2. The zero-order valence-corrected chi connectivity index (χ0v) is 11.9. The topological polar surface area (TPSA) is 33.1 Å². The van der Waals surface area contributed by atoms with Gasteiger partial charge in [0.15, 0.2) is 5.75 Å². The molecule has 0 atom stereocenters. The lowest BCUT2D eigenvalue weighted by atomic mass is 10.0. The van der Waals surface area contributed by atoms with Crippen LogP contribution in [-0.4, -0.2) is 10.1 Å². The van der Waals surface area contributed by atoms with Gasteiger partial charge in [-0.25, -0.2) is 9.37 Å². The molecule has 94 valence electrons. The summed E-state index contributed by atoms with van der Waals surface area (Å²) >= 11 is 2.00. The maximum Gasteiger partial charge on any atom is 0.155 e. The molecule has 0 amide bonds. The Hall–Kier alpha value is -1.69. The fourth-order valence-corrected chi connectivity index (χ4v) is 2.61.